The van der Waals surface area contributed by atoms with E-state index in [2.05, 4.69) is 15.2 Å². The normalized spacial score (nSPS) is 17.6. The molecule has 11 heteroatoms. The molecule has 0 bridgehead atoms. The molecule has 2 amide bonds. The Morgan fingerprint density at radius 1 is 1.24 bits per heavy atom. The van der Waals surface area contributed by atoms with Crippen LogP contribution in [0.1, 0.15) is 49.7 Å². The molecule has 1 spiro atoms. The third-order valence-electron chi connectivity index (χ3n) is 6.30. The van der Waals surface area contributed by atoms with Crippen molar-refractivity contribution in [3.63, 3.8) is 0 Å². The minimum atomic E-state index is -0.565. The molecule has 2 aliphatic rings. The molecule has 3 aromatic heterocycles. The molecule has 0 aromatic carbocycles. The van der Waals surface area contributed by atoms with Gasteiger partial charge in [0.25, 0.3) is 11.5 Å². The Morgan fingerprint density at radius 3 is 2.73 bits per heavy atom. The van der Waals surface area contributed by atoms with E-state index in [-0.39, 0.29) is 29.0 Å². The average Bonchev–Trinajstić information content (AvgIpc) is 3.42. The number of nitrogens with zero attached hydrogens (tertiary/aromatic N) is 6. The van der Waals surface area contributed by atoms with E-state index in [4.69, 9.17) is 4.74 Å². The van der Waals surface area contributed by atoms with E-state index in [1.807, 2.05) is 20.8 Å². The molecule has 0 unspecified atom stereocenters. The number of likely N-dealkylation sites (tertiary alicyclic amines) is 2. The maximum absolute atomic E-state index is 13.2. The van der Waals surface area contributed by atoms with Gasteiger partial charge in [0, 0.05) is 25.8 Å². The molecule has 174 valence electrons. The van der Waals surface area contributed by atoms with Crippen molar-refractivity contribution in [3.8, 4) is 5.95 Å². The van der Waals surface area contributed by atoms with Gasteiger partial charge in [-0.25, -0.2) is 14.0 Å². The van der Waals surface area contributed by atoms with Gasteiger partial charge in [0.05, 0.1) is 23.0 Å². The molecular weight excluding hydrogens is 426 g/mol. The molecule has 0 radical (unpaired) electrons. The summed E-state index contributed by atoms with van der Waals surface area (Å²) in [6, 6.07) is 3.40. The summed E-state index contributed by atoms with van der Waals surface area (Å²) in [5.74, 6) is 0.0667. The van der Waals surface area contributed by atoms with E-state index < -0.39 is 5.60 Å². The highest BCUT2D eigenvalue weighted by Crippen LogP contribution is 2.39. The Hall–Kier alpha value is -3.63. The van der Waals surface area contributed by atoms with Crippen molar-refractivity contribution in [2.45, 2.75) is 51.7 Å². The zero-order valence-corrected chi connectivity index (χ0v) is 19.2. The fourth-order valence-corrected chi connectivity index (χ4v) is 4.71. The summed E-state index contributed by atoms with van der Waals surface area (Å²) in [4.78, 5) is 44.4. The molecule has 0 aliphatic carbocycles. The lowest BCUT2D eigenvalue weighted by Gasteiger charge is -2.52. The van der Waals surface area contributed by atoms with E-state index in [9.17, 15) is 14.4 Å². The average molecular weight is 454 g/mol. The molecule has 5 heterocycles. The highest BCUT2D eigenvalue weighted by atomic mass is 16.6. The molecule has 5 rings (SSSR count). The second-order valence-electron chi connectivity index (χ2n) is 9.79. The summed E-state index contributed by atoms with van der Waals surface area (Å²) < 4.78 is 8.50. The van der Waals surface area contributed by atoms with Crippen LogP contribution in [0, 0.1) is 6.92 Å². The largest absolute Gasteiger partial charge is 0.444 e. The van der Waals surface area contributed by atoms with Crippen LogP contribution in [0.15, 0.2) is 29.3 Å². The van der Waals surface area contributed by atoms with Crippen LogP contribution in [0.5, 0.6) is 0 Å². The standard InChI is InChI=1S/C22H27N7O4/c1-14-15(11-23-29(14)19-24-17(30)16-7-5-10-28(16)25-19)18(31)26-12-22(13-26)8-6-9-27(22)20(32)33-21(2,3)4/h5,7,10-11H,6,8-9,12-13H2,1-4H3,(H,24,25,30). The molecule has 33 heavy (non-hydrogen) atoms. The number of H-pyrrole nitrogens is 1. The first-order chi connectivity index (χ1) is 15.6. The predicted molar refractivity (Wildman–Crippen MR) is 118 cm³/mol. The van der Waals surface area contributed by atoms with Crippen LogP contribution >= 0.6 is 0 Å². The highest BCUT2D eigenvalue weighted by molar-refractivity contribution is 5.96. The fraction of sp³-hybridized carbons (Fsp3) is 0.500. The summed E-state index contributed by atoms with van der Waals surface area (Å²) in [5.41, 5.74) is 0.212. The van der Waals surface area contributed by atoms with Gasteiger partial charge in [-0.2, -0.15) is 5.10 Å². The number of rotatable bonds is 2. The number of carbonyl (C=O) groups excluding carboxylic acids is 2. The number of fused-ring (bicyclic) bond motifs is 1. The van der Waals surface area contributed by atoms with Crippen molar-refractivity contribution in [2.24, 2.45) is 0 Å². The third-order valence-corrected chi connectivity index (χ3v) is 6.30. The SMILES string of the molecule is Cc1c(C(=O)N2CC3(CCCN3C(=O)OC(C)(C)C)C2)cnn1-c1nn2cccc2c(=O)[nH]1. The van der Waals surface area contributed by atoms with E-state index in [1.54, 1.807) is 35.1 Å². The number of carbonyl (C=O) groups is 2. The van der Waals surface area contributed by atoms with E-state index >= 15 is 0 Å². The van der Waals surface area contributed by atoms with Crippen LogP contribution in [0.25, 0.3) is 11.5 Å². The lowest BCUT2D eigenvalue weighted by molar-refractivity contribution is -0.0373. The van der Waals surface area contributed by atoms with Gasteiger partial charge in [0.1, 0.15) is 11.1 Å². The smallest absolute Gasteiger partial charge is 0.410 e. The van der Waals surface area contributed by atoms with Gasteiger partial charge >= 0.3 is 6.09 Å². The van der Waals surface area contributed by atoms with Crippen LogP contribution in [-0.2, 0) is 4.74 Å². The van der Waals surface area contributed by atoms with Crippen molar-refractivity contribution in [3.05, 3.63) is 46.1 Å². The molecule has 2 aliphatic heterocycles. The number of ether oxygens (including phenoxy) is 1. The summed E-state index contributed by atoms with van der Waals surface area (Å²) in [6.07, 6.45) is 4.57. The number of hydrogen-bond donors (Lipinski definition) is 1. The first-order valence-electron chi connectivity index (χ1n) is 11.0. The molecule has 3 aromatic rings. The van der Waals surface area contributed by atoms with Crippen LogP contribution in [0.3, 0.4) is 0 Å². The highest BCUT2D eigenvalue weighted by Gasteiger charge is 2.54. The first-order valence-corrected chi connectivity index (χ1v) is 11.0. The molecule has 0 saturated carbocycles. The molecule has 2 fully saturated rings. The van der Waals surface area contributed by atoms with Crippen molar-refractivity contribution < 1.29 is 14.3 Å². The second kappa shape index (κ2) is 7.19. The van der Waals surface area contributed by atoms with Gasteiger partial charge < -0.3 is 9.64 Å². The van der Waals surface area contributed by atoms with E-state index in [1.165, 1.54) is 15.4 Å². The van der Waals surface area contributed by atoms with Gasteiger partial charge in [-0.3, -0.25) is 19.5 Å². The zero-order valence-electron chi connectivity index (χ0n) is 19.2. The monoisotopic (exact) mass is 453 g/mol. The number of amides is 2. The van der Waals surface area contributed by atoms with Gasteiger partial charge in [-0.1, -0.05) is 0 Å². The van der Waals surface area contributed by atoms with E-state index in [0.717, 1.165) is 12.8 Å². The van der Waals surface area contributed by atoms with Crippen molar-refractivity contribution in [1.29, 1.82) is 0 Å². The van der Waals surface area contributed by atoms with Crippen molar-refractivity contribution in [1.82, 2.24) is 34.2 Å². The first kappa shape index (κ1) is 21.2. The Balaban J connectivity index is 1.34. The second-order valence-corrected chi connectivity index (χ2v) is 9.79. The summed E-state index contributed by atoms with van der Waals surface area (Å²) in [5, 5.41) is 8.67. The lowest BCUT2D eigenvalue weighted by atomic mass is 9.86. The molecular formula is C22H27N7O4. The van der Waals surface area contributed by atoms with Crippen molar-refractivity contribution in [2.75, 3.05) is 19.6 Å². The zero-order chi connectivity index (χ0) is 23.5. The molecule has 0 atom stereocenters. The van der Waals surface area contributed by atoms with Crippen LogP contribution in [0.2, 0.25) is 0 Å². The number of nitrogens with one attached hydrogen (secondary N) is 1. The Labute approximate surface area is 189 Å². The number of hydrogen-bond acceptors (Lipinski definition) is 6. The quantitative estimate of drug-likeness (QED) is 0.632. The Bertz CT molecular complexity index is 1310. The van der Waals surface area contributed by atoms with Gasteiger partial charge in [0.15, 0.2) is 0 Å². The van der Waals surface area contributed by atoms with Gasteiger partial charge in [-0.15, -0.1) is 5.10 Å². The van der Waals surface area contributed by atoms with Crippen LogP contribution in [0.4, 0.5) is 4.79 Å². The minimum Gasteiger partial charge on any atom is -0.444 e. The molecule has 1 N–H and O–H groups in total. The predicted octanol–water partition coefficient (Wildman–Crippen LogP) is 1.74. The Kier molecular flexibility index (Phi) is 4.62. The topological polar surface area (TPSA) is 118 Å². The summed E-state index contributed by atoms with van der Waals surface area (Å²) >= 11 is 0. The van der Waals surface area contributed by atoms with E-state index in [0.29, 0.717) is 36.4 Å². The maximum Gasteiger partial charge on any atom is 0.410 e. The van der Waals surface area contributed by atoms with Crippen LogP contribution in [-0.4, -0.2) is 77.0 Å². The maximum atomic E-state index is 13.2. The summed E-state index contributed by atoms with van der Waals surface area (Å²) in [6.45, 7) is 8.86. The summed E-state index contributed by atoms with van der Waals surface area (Å²) in [7, 11) is 0. The van der Waals surface area contributed by atoms with Gasteiger partial charge in [0.2, 0.25) is 5.95 Å². The third kappa shape index (κ3) is 3.47. The number of aromatic amines is 1. The van der Waals surface area contributed by atoms with Crippen LogP contribution < -0.4 is 5.56 Å². The minimum absolute atomic E-state index is 0.162. The Morgan fingerprint density at radius 2 is 2.00 bits per heavy atom. The molecule has 2 saturated heterocycles. The fourth-order valence-electron chi connectivity index (χ4n) is 4.71. The van der Waals surface area contributed by atoms with Gasteiger partial charge in [-0.05, 0) is 52.7 Å². The van der Waals surface area contributed by atoms with Crippen molar-refractivity contribution >= 4 is 17.5 Å². The molecule has 11 nitrogen and oxygen atoms in total. The number of aromatic nitrogens is 5. The lowest BCUT2D eigenvalue weighted by Crippen LogP contribution is -2.70.